The third kappa shape index (κ3) is 4.36. The van der Waals surface area contributed by atoms with Crippen LogP contribution in [0.1, 0.15) is 38.8 Å². The van der Waals surface area contributed by atoms with E-state index in [1.807, 2.05) is 20.8 Å². The van der Waals surface area contributed by atoms with Crippen molar-refractivity contribution in [3.8, 4) is 5.75 Å². The summed E-state index contributed by atoms with van der Waals surface area (Å²) in [5, 5.41) is 16.7. The maximum absolute atomic E-state index is 12.4. The molecular formula is C18H23N3O6. The van der Waals surface area contributed by atoms with Gasteiger partial charge in [0.1, 0.15) is 0 Å². The van der Waals surface area contributed by atoms with E-state index in [2.05, 4.69) is 10.6 Å². The van der Waals surface area contributed by atoms with Crippen LogP contribution in [0.2, 0.25) is 0 Å². The molecule has 1 aliphatic heterocycles. The lowest BCUT2D eigenvalue weighted by Crippen LogP contribution is -2.47. The summed E-state index contributed by atoms with van der Waals surface area (Å²) in [7, 11) is 1.24. The van der Waals surface area contributed by atoms with E-state index in [1.165, 1.54) is 19.2 Å². The normalized spacial score (nSPS) is 16.6. The van der Waals surface area contributed by atoms with E-state index in [1.54, 1.807) is 6.07 Å². The molecule has 146 valence electrons. The zero-order valence-corrected chi connectivity index (χ0v) is 15.7. The number of amides is 2. The van der Waals surface area contributed by atoms with Gasteiger partial charge in [0.25, 0.3) is 0 Å². The van der Waals surface area contributed by atoms with Crippen molar-refractivity contribution >= 4 is 17.7 Å². The second kappa shape index (κ2) is 8.52. The third-order valence-corrected chi connectivity index (χ3v) is 4.06. The molecule has 0 saturated heterocycles. The number of nitrogens with zero attached hydrogens (tertiary/aromatic N) is 1. The topological polar surface area (TPSA) is 120 Å². The number of carbonyl (C=O) groups is 2. The minimum atomic E-state index is -0.873. The van der Waals surface area contributed by atoms with Crippen LogP contribution in [0.5, 0.6) is 5.75 Å². The summed E-state index contributed by atoms with van der Waals surface area (Å²) in [6, 6.07) is 3.01. The highest BCUT2D eigenvalue weighted by Gasteiger charge is 2.35. The van der Waals surface area contributed by atoms with Crippen molar-refractivity contribution in [1.29, 1.82) is 0 Å². The lowest BCUT2D eigenvalue weighted by Gasteiger charge is -2.30. The van der Waals surface area contributed by atoms with Gasteiger partial charge in [-0.05, 0) is 24.0 Å². The van der Waals surface area contributed by atoms with Gasteiger partial charge < -0.3 is 20.1 Å². The number of hydrogen-bond acceptors (Lipinski definition) is 6. The Morgan fingerprint density at radius 1 is 1.37 bits per heavy atom. The first kappa shape index (κ1) is 20.2. The Balaban J connectivity index is 2.57. The minimum absolute atomic E-state index is 0.138. The van der Waals surface area contributed by atoms with Crippen LogP contribution >= 0.6 is 0 Å². The highest BCUT2D eigenvalue weighted by Crippen LogP contribution is 2.35. The maximum atomic E-state index is 12.4. The molecule has 1 aromatic rings. The fourth-order valence-electron chi connectivity index (χ4n) is 2.82. The van der Waals surface area contributed by atoms with E-state index in [0.29, 0.717) is 24.3 Å². The van der Waals surface area contributed by atoms with Crippen LogP contribution in [0, 0.1) is 16.0 Å². The lowest BCUT2D eigenvalue weighted by atomic mass is 9.91. The van der Waals surface area contributed by atoms with Crippen LogP contribution in [0.25, 0.3) is 0 Å². The fourth-order valence-corrected chi connectivity index (χ4v) is 2.82. The highest BCUT2D eigenvalue weighted by molar-refractivity contribution is 5.95. The number of rotatable bonds is 7. The Bertz CT molecular complexity index is 787. The number of nitrogens with one attached hydrogen (secondary N) is 2. The molecule has 1 aliphatic rings. The van der Waals surface area contributed by atoms with Gasteiger partial charge in [-0.2, -0.15) is 0 Å². The standard InChI is InChI=1S/C18H23N3O6/c1-5-8-27-13-7-6-11(9-12(13)21(24)25)16-14(17(22)26-4)15(10(2)3)19-18(23)20-16/h6-7,9-10,16H,5,8H2,1-4H3,(H2,19,20,23). The van der Waals surface area contributed by atoms with Crippen LogP contribution < -0.4 is 15.4 Å². The van der Waals surface area contributed by atoms with Crippen LogP contribution in [0.3, 0.4) is 0 Å². The lowest BCUT2D eigenvalue weighted by molar-refractivity contribution is -0.385. The molecule has 0 spiro atoms. The summed E-state index contributed by atoms with van der Waals surface area (Å²) >= 11 is 0. The van der Waals surface area contributed by atoms with Crippen molar-refractivity contribution in [2.24, 2.45) is 5.92 Å². The Labute approximate surface area is 156 Å². The molecule has 1 unspecified atom stereocenters. The Kier molecular flexibility index (Phi) is 6.38. The first-order valence-corrected chi connectivity index (χ1v) is 8.61. The number of allylic oxidation sites excluding steroid dienone is 1. The molecule has 1 atom stereocenters. The molecule has 1 aromatic carbocycles. The van der Waals surface area contributed by atoms with Gasteiger partial charge in [-0.3, -0.25) is 10.1 Å². The van der Waals surface area contributed by atoms with E-state index in [-0.39, 0.29) is 22.9 Å². The zero-order valence-electron chi connectivity index (χ0n) is 15.7. The predicted octanol–water partition coefficient (Wildman–Crippen LogP) is 2.82. The van der Waals surface area contributed by atoms with E-state index in [9.17, 15) is 19.7 Å². The summed E-state index contributed by atoms with van der Waals surface area (Å²) in [6.07, 6.45) is 0.705. The molecule has 2 rings (SSSR count). The van der Waals surface area contributed by atoms with Crippen molar-refractivity contribution in [1.82, 2.24) is 10.6 Å². The van der Waals surface area contributed by atoms with Crippen molar-refractivity contribution < 1.29 is 24.0 Å². The number of esters is 1. The summed E-state index contributed by atoms with van der Waals surface area (Å²) in [6.45, 7) is 5.89. The number of nitro groups is 1. The molecule has 0 aliphatic carbocycles. The van der Waals surface area contributed by atoms with Gasteiger partial charge in [0.15, 0.2) is 5.75 Å². The van der Waals surface area contributed by atoms with Crippen molar-refractivity contribution in [3.05, 3.63) is 45.1 Å². The van der Waals surface area contributed by atoms with Gasteiger partial charge in [-0.1, -0.05) is 26.8 Å². The molecule has 0 radical (unpaired) electrons. The average Bonchev–Trinajstić information content (AvgIpc) is 2.64. The molecule has 2 N–H and O–H groups in total. The Morgan fingerprint density at radius 2 is 2.07 bits per heavy atom. The summed E-state index contributed by atoms with van der Waals surface area (Å²) < 4.78 is 10.3. The number of hydrogen-bond donors (Lipinski definition) is 2. The first-order valence-electron chi connectivity index (χ1n) is 8.61. The number of benzene rings is 1. The van der Waals surface area contributed by atoms with Crippen molar-refractivity contribution in [2.45, 2.75) is 33.2 Å². The van der Waals surface area contributed by atoms with Gasteiger partial charge in [0, 0.05) is 11.8 Å². The smallest absolute Gasteiger partial charge is 0.337 e. The second-order valence-corrected chi connectivity index (χ2v) is 6.34. The SMILES string of the molecule is CCCOc1ccc(C2NC(=O)NC(C(C)C)=C2C(=O)OC)cc1[N+](=O)[O-]. The van der Waals surface area contributed by atoms with Crippen LogP contribution in [-0.4, -0.2) is 30.6 Å². The zero-order chi connectivity index (χ0) is 20.1. The van der Waals surface area contributed by atoms with E-state index < -0.39 is 23.0 Å². The van der Waals surface area contributed by atoms with Crippen LogP contribution in [0.15, 0.2) is 29.5 Å². The van der Waals surface area contributed by atoms with Crippen LogP contribution in [0.4, 0.5) is 10.5 Å². The molecule has 0 saturated carbocycles. The van der Waals surface area contributed by atoms with E-state index >= 15 is 0 Å². The number of ether oxygens (including phenoxy) is 2. The molecule has 9 nitrogen and oxygen atoms in total. The van der Waals surface area contributed by atoms with Crippen molar-refractivity contribution in [3.63, 3.8) is 0 Å². The third-order valence-electron chi connectivity index (χ3n) is 4.06. The molecule has 0 aromatic heterocycles. The predicted molar refractivity (Wildman–Crippen MR) is 97.2 cm³/mol. The number of methoxy groups -OCH3 is 1. The maximum Gasteiger partial charge on any atom is 0.337 e. The Morgan fingerprint density at radius 3 is 2.63 bits per heavy atom. The van der Waals surface area contributed by atoms with Gasteiger partial charge in [-0.15, -0.1) is 0 Å². The fraction of sp³-hybridized carbons (Fsp3) is 0.444. The summed E-state index contributed by atoms with van der Waals surface area (Å²) in [5.41, 5.74) is 0.788. The molecule has 1 heterocycles. The van der Waals surface area contributed by atoms with E-state index in [0.717, 1.165) is 0 Å². The largest absolute Gasteiger partial charge is 0.487 e. The summed E-state index contributed by atoms with van der Waals surface area (Å²) in [5.74, 6) is -0.640. The number of urea groups is 1. The average molecular weight is 377 g/mol. The molecule has 2 amide bonds. The van der Waals surface area contributed by atoms with Gasteiger partial charge >= 0.3 is 17.7 Å². The van der Waals surface area contributed by atoms with Gasteiger partial charge in [0.2, 0.25) is 0 Å². The molecule has 0 bridgehead atoms. The number of carbonyl (C=O) groups excluding carboxylic acids is 2. The highest BCUT2D eigenvalue weighted by atomic mass is 16.6. The molecule has 0 fully saturated rings. The van der Waals surface area contributed by atoms with Gasteiger partial charge in [0.05, 0.1) is 30.3 Å². The number of nitro benzene ring substituents is 1. The Hall–Kier alpha value is -3.10. The minimum Gasteiger partial charge on any atom is -0.487 e. The second-order valence-electron chi connectivity index (χ2n) is 6.34. The van der Waals surface area contributed by atoms with Gasteiger partial charge in [-0.25, -0.2) is 9.59 Å². The monoisotopic (exact) mass is 377 g/mol. The molecule has 9 heteroatoms. The molecular weight excluding hydrogens is 354 g/mol. The van der Waals surface area contributed by atoms with Crippen LogP contribution in [-0.2, 0) is 9.53 Å². The quantitative estimate of drug-likeness (QED) is 0.428. The van der Waals surface area contributed by atoms with Crippen molar-refractivity contribution in [2.75, 3.05) is 13.7 Å². The van der Waals surface area contributed by atoms with E-state index in [4.69, 9.17) is 9.47 Å². The summed E-state index contributed by atoms with van der Waals surface area (Å²) in [4.78, 5) is 35.3. The molecule has 27 heavy (non-hydrogen) atoms. The first-order chi connectivity index (χ1) is 12.8.